The number of hydrogen-bond donors (Lipinski definition) is 0. The predicted molar refractivity (Wildman–Crippen MR) is 103 cm³/mol. The Balaban J connectivity index is 1.62. The van der Waals surface area contributed by atoms with E-state index in [0.717, 1.165) is 54.9 Å². The van der Waals surface area contributed by atoms with E-state index >= 15 is 0 Å². The van der Waals surface area contributed by atoms with Crippen LogP contribution >= 0.6 is 0 Å². The Morgan fingerprint density at radius 3 is 2.50 bits per heavy atom. The van der Waals surface area contributed by atoms with Crippen molar-refractivity contribution in [1.29, 1.82) is 0 Å². The largest absolute Gasteiger partial charge is 0.496 e. The Bertz CT molecular complexity index is 864. The first-order valence-electron chi connectivity index (χ1n) is 9.81. The summed E-state index contributed by atoms with van der Waals surface area (Å²) in [6.45, 7) is 5.71. The van der Waals surface area contributed by atoms with Gasteiger partial charge in [-0.15, -0.1) is 0 Å². The van der Waals surface area contributed by atoms with Gasteiger partial charge in [0.15, 0.2) is 17.7 Å². The lowest BCUT2D eigenvalue weighted by Crippen LogP contribution is -2.52. The van der Waals surface area contributed by atoms with Crippen LogP contribution in [0, 0.1) is 5.92 Å². The van der Waals surface area contributed by atoms with Crippen LogP contribution < -0.4 is 18.9 Å². The number of fused-ring (bicyclic) bond motifs is 2. The van der Waals surface area contributed by atoms with Crippen molar-refractivity contribution in [3.05, 3.63) is 47.5 Å². The summed E-state index contributed by atoms with van der Waals surface area (Å²) < 4.78 is 29.0. The first kappa shape index (κ1) is 17.6. The van der Waals surface area contributed by atoms with Crippen LogP contribution in [0.4, 0.5) is 0 Å². The van der Waals surface area contributed by atoms with Crippen molar-refractivity contribution in [2.75, 3.05) is 40.2 Å². The number of rotatable bonds is 3. The molecule has 0 spiro atoms. The van der Waals surface area contributed by atoms with Crippen molar-refractivity contribution in [3.63, 3.8) is 0 Å². The van der Waals surface area contributed by atoms with Gasteiger partial charge in [-0.2, -0.15) is 0 Å². The summed E-state index contributed by atoms with van der Waals surface area (Å²) in [4.78, 5) is 2.38. The highest BCUT2D eigenvalue weighted by Crippen LogP contribution is 2.51. The molecule has 0 saturated carbocycles. The maximum atomic E-state index is 6.53. The van der Waals surface area contributed by atoms with E-state index in [1.165, 1.54) is 5.56 Å². The van der Waals surface area contributed by atoms with Gasteiger partial charge in [0.1, 0.15) is 11.5 Å². The molecule has 0 unspecified atom stereocenters. The molecule has 1 fully saturated rings. The molecular weight excluding hydrogens is 358 g/mol. The van der Waals surface area contributed by atoms with Crippen LogP contribution in [0.3, 0.4) is 0 Å². The van der Waals surface area contributed by atoms with Crippen LogP contribution in [0.1, 0.15) is 24.0 Å². The molecule has 0 aliphatic carbocycles. The van der Waals surface area contributed by atoms with E-state index < -0.39 is 0 Å². The number of methoxy groups -OCH3 is 1. The van der Waals surface area contributed by atoms with Gasteiger partial charge in [0.05, 0.1) is 20.3 Å². The van der Waals surface area contributed by atoms with Gasteiger partial charge in [-0.3, -0.25) is 4.90 Å². The molecule has 28 heavy (non-hydrogen) atoms. The van der Waals surface area contributed by atoms with Crippen molar-refractivity contribution < 1.29 is 23.7 Å². The van der Waals surface area contributed by atoms with Gasteiger partial charge >= 0.3 is 0 Å². The summed E-state index contributed by atoms with van der Waals surface area (Å²) in [6.07, 6.45) is -0.0355. The van der Waals surface area contributed by atoms with E-state index in [0.29, 0.717) is 0 Å². The Morgan fingerprint density at radius 1 is 0.964 bits per heavy atom. The molecule has 2 aromatic carbocycles. The quantitative estimate of drug-likeness (QED) is 0.811. The predicted octanol–water partition coefficient (Wildman–Crippen LogP) is 3.24. The minimum atomic E-state index is -0.0355. The maximum absolute atomic E-state index is 6.53. The lowest BCUT2D eigenvalue weighted by Gasteiger charge is -2.44. The first-order chi connectivity index (χ1) is 13.8. The van der Waals surface area contributed by atoms with E-state index in [1.54, 1.807) is 7.11 Å². The minimum Gasteiger partial charge on any atom is -0.496 e. The number of para-hydroxylation sites is 1. The molecule has 6 nitrogen and oxygen atoms in total. The highest BCUT2D eigenvalue weighted by molar-refractivity contribution is 5.57. The molecule has 0 bridgehead atoms. The Hall–Kier alpha value is -2.44. The zero-order valence-corrected chi connectivity index (χ0v) is 16.2. The number of morpholine rings is 1. The average Bonchev–Trinajstić information content (AvgIpc) is 3.20. The van der Waals surface area contributed by atoms with Crippen molar-refractivity contribution in [2.24, 2.45) is 5.92 Å². The lowest BCUT2D eigenvalue weighted by atomic mass is 9.77. The zero-order chi connectivity index (χ0) is 19.1. The normalized spacial score (nSPS) is 26.4. The van der Waals surface area contributed by atoms with Gasteiger partial charge in [-0.25, -0.2) is 0 Å². The van der Waals surface area contributed by atoms with Gasteiger partial charge in [0, 0.05) is 42.1 Å². The van der Waals surface area contributed by atoms with Crippen LogP contribution in [0.25, 0.3) is 0 Å². The number of nitrogens with zero attached hydrogens (tertiary/aromatic N) is 1. The molecule has 1 saturated heterocycles. The first-order valence-corrected chi connectivity index (χ1v) is 9.81. The molecule has 0 aromatic heterocycles. The van der Waals surface area contributed by atoms with E-state index in [2.05, 4.69) is 30.0 Å². The van der Waals surface area contributed by atoms with Gasteiger partial charge < -0.3 is 23.7 Å². The fourth-order valence-electron chi connectivity index (χ4n) is 4.58. The average molecular weight is 383 g/mol. The molecule has 0 N–H and O–H groups in total. The molecular formula is C22H25NO5. The standard InChI is InChI=1S/C22H25NO5/c1-14-21(15-5-3-4-6-17(15)24-2)16-11-19-20(27-13-26-19)12-18(16)28-22(14)23-7-9-25-10-8-23/h3-6,11-12,14,21-22H,7-10,13H2,1-2H3/t14-,21-,22-/m0/s1. The van der Waals surface area contributed by atoms with E-state index in [9.17, 15) is 0 Å². The van der Waals surface area contributed by atoms with Crippen LogP contribution in [0.5, 0.6) is 23.0 Å². The summed E-state index contributed by atoms with van der Waals surface area (Å²) in [5.41, 5.74) is 2.28. The summed E-state index contributed by atoms with van der Waals surface area (Å²) in [6, 6.07) is 12.3. The summed E-state index contributed by atoms with van der Waals surface area (Å²) in [5.74, 6) is 3.62. The highest BCUT2D eigenvalue weighted by atomic mass is 16.7. The molecule has 0 amide bonds. The SMILES string of the molecule is COc1ccccc1[C@H]1c2cc3c(cc2O[C@H](N2CCOCC2)[C@H]1C)OCO3. The number of benzene rings is 2. The third-order valence-electron chi connectivity index (χ3n) is 5.94. The number of ether oxygens (including phenoxy) is 5. The zero-order valence-electron chi connectivity index (χ0n) is 16.2. The molecule has 3 atom stereocenters. The van der Waals surface area contributed by atoms with Gasteiger partial charge in [0.2, 0.25) is 6.79 Å². The maximum Gasteiger partial charge on any atom is 0.231 e. The second-order valence-electron chi connectivity index (χ2n) is 7.48. The fraction of sp³-hybridized carbons (Fsp3) is 0.455. The van der Waals surface area contributed by atoms with E-state index in [4.69, 9.17) is 23.7 Å². The summed E-state index contributed by atoms with van der Waals surface area (Å²) in [5, 5.41) is 0. The topological polar surface area (TPSA) is 49.4 Å². The van der Waals surface area contributed by atoms with Crippen molar-refractivity contribution in [1.82, 2.24) is 4.90 Å². The molecule has 3 heterocycles. The molecule has 5 rings (SSSR count). The Kier molecular flexibility index (Phi) is 4.53. The molecule has 0 radical (unpaired) electrons. The smallest absolute Gasteiger partial charge is 0.231 e. The molecule has 3 aliphatic rings. The van der Waals surface area contributed by atoms with Gasteiger partial charge in [-0.1, -0.05) is 25.1 Å². The molecule has 148 valence electrons. The molecule has 2 aromatic rings. The number of hydrogen-bond acceptors (Lipinski definition) is 6. The van der Waals surface area contributed by atoms with Crippen LogP contribution in [0.2, 0.25) is 0 Å². The third kappa shape index (κ3) is 2.88. The second kappa shape index (κ2) is 7.18. The highest BCUT2D eigenvalue weighted by Gasteiger charge is 2.42. The van der Waals surface area contributed by atoms with E-state index in [-0.39, 0.29) is 24.9 Å². The third-order valence-corrected chi connectivity index (χ3v) is 5.94. The van der Waals surface area contributed by atoms with E-state index in [1.807, 2.05) is 18.2 Å². The Labute approximate surface area is 164 Å². The van der Waals surface area contributed by atoms with Crippen LogP contribution in [-0.2, 0) is 4.74 Å². The fourth-order valence-corrected chi connectivity index (χ4v) is 4.58. The summed E-state index contributed by atoms with van der Waals surface area (Å²) in [7, 11) is 1.73. The van der Waals surface area contributed by atoms with Gasteiger partial charge in [0.25, 0.3) is 0 Å². The van der Waals surface area contributed by atoms with Crippen LogP contribution in [0.15, 0.2) is 36.4 Å². The van der Waals surface area contributed by atoms with Crippen molar-refractivity contribution in [2.45, 2.75) is 19.1 Å². The second-order valence-corrected chi connectivity index (χ2v) is 7.48. The van der Waals surface area contributed by atoms with Crippen molar-refractivity contribution >= 4 is 0 Å². The Morgan fingerprint density at radius 2 is 1.71 bits per heavy atom. The van der Waals surface area contributed by atoms with Crippen molar-refractivity contribution in [3.8, 4) is 23.0 Å². The minimum absolute atomic E-state index is 0.0355. The molecule has 3 aliphatic heterocycles. The summed E-state index contributed by atoms with van der Waals surface area (Å²) >= 11 is 0. The lowest BCUT2D eigenvalue weighted by molar-refractivity contribution is -0.0785. The molecule has 6 heteroatoms. The van der Waals surface area contributed by atoms with Gasteiger partial charge in [-0.05, 0) is 12.1 Å². The van der Waals surface area contributed by atoms with Crippen LogP contribution in [-0.4, -0.2) is 51.3 Å². The monoisotopic (exact) mass is 383 g/mol.